The molecule has 1 aromatic carbocycles. The van der Waals surface area contributed by atoms with Gasteiger partial charge < -0.3 is 30.9 Å². The van der Waals surface area contributed by atoms with Crippen molar-refractivity contribution in [3.05, 3.63) is 45.2 Å². The Hall–Kier alpha value is -3.66. The van der Waals surface area contributed by atoms with E-state index in [-0.39, 0.29) is 48.9 Å². The number of fused-ring (bicyclic) bond motifs is 3. The van der Waals surface area contributed by atoms with Gasteiger partial charge in [0, 0.05) is 30.6 Å². The number of hydrogen-bond donors (Lipinski definition) is 5. The lowest BCUT2D eigenvalue weighted by atomic mass is 9.54. The molecule has 0 unspecified atom stereocenters. The Morgan fingerprint density at radius 1 is 1.18 bits per heavy atom. The van der Waals surface area contributed by atoms with Gasteiger partial charge in [0.1, 0.15) is 22.8 Å². The molecule has 0 saturated heterocycles. The summed E-state index contributed by atoms with van der Waals surface area (Å²) in [6.45, 7) is 5.54. The zero-order chi connectivity index (χ0) is 28.1. The van der Waals surface area contributed by atoms with Crippen LogP contribution in [-0.2, 0) is 36.9 Å². The lowest BCUT2D eigenvalue weighted by Crippen LogP contribution is -2.51. The second-order valence-corrected chi connectivity index (χ2v) is 10.9. The predicted octanol–water partition coefficient (Wildman–Crippen LogP) is 3.20. The molecular formula is C28H33NO9. The summed E-state index contributed by atoms with van der Waals surface area (Å²) in [5, 5.41) is 42.4. The van der Waals surface area contributed by atoms with Crippen molar-refractivity contribution >= 4 is 29.2 Å². The number of benzene rings is 1. The number of allylic oxidation sites excluding steroid dienone is 2. The minimum Gasteiger partial charge on any atom is -0.510 e. The van der Waals surface area contributed by atoms with Crippen molar-refractivity contribution in [2.45, 2.75) is 65.4 Å². The maximum absolute atomic E-state index is 13.9. The van der Waals surface area contributed by atoms with Gasteiger partial charge in [0.15, 0.2) is 11.6 Å². The zero-order valence-electron chi connectivity index (χ0n) is 21.7. The molecule has 0 heterocycles. The van der Waals surface area contributed by atoms with Gasteiger partial charge in [-0.2, -0.15) is 0 Å². The Balaban J connectivity index is 1.80. The summed E-state index contributed by atoms with van der Waals surface area (Å²) in [6, 6.07) is 1.81. The van der Waals surface area contributed by atoms with Crippen molar-refractivity contribution in [3.8, 4) is 5.75 Å². The number of ether oxygens (including phenoxy) is 1. The number of aromatic hydroxyl groups is 1. The van der Waals surface area contributed by atoms with Gasteiger partial charge >= 0.3 is 5.97 Å². The summed E-state index contributed by atoms with van der Waals surface area (Å²) in [5.74, 6) is -5.56. The van der Waals surface area contributed by atoms with Crippen LogP contribution in [0.5, 0.6) is 5.75 Å². The summed E-state index contributed by atoms with van der Waals surface area (Å²) in [4.78, 5) is 49.1. The van der Waals surface area contributed by atoms with Crippen molar-refractivity contribution in [2.75, 3.05) is 6.61 Å². The molecule has 3 aliphatic carbocycles. The first-order valence-corrected chi connectivity index (χ1v) is 12.7. The van der Waals surface area contributed by atoms with E-state index in [1.54, 1.807) is 6.07 Å². The molecular weight excluding hydrogens is 494 g/mol. The molecule has 1 amide bonds. The number of aliphatic carboxylic acids is 1. The van der Waals surface area contributed by atoms with Gasteiger partial charge in [0.25, 0.3) is 5.91 Å². The Bertz CT molecular complexity index is 1310. The Morgan fingerprint density at radius 3 is 2.47 bits per heavy atom. The van der Waals surface area contributed by atoms with E-state index in [9.17, 15) is 34.5 Å². The first kappa shape index (κ1) is 27.4. The van der Waals surface area contributed by atoms with E-state index >= 15 is 0 Å². The Morgan fingerprint density at radius 2 is 1.87 bits per heavy atom. The van der Waals surface area contributed by atoms with Crippen molar-refractivity contribution in [2.24, 2.45) is 23.0 Å². The number of aliphatic hydroxyl groups is 2. The number of rotatable bonds is 8. The molecule has 10 nitrogen and oxygen atoms in total. The van der Waals surface area contributed by atoms with Crippen LogP contribution in [0.3, 0.4) is 0 Å². The fourth-order valence-corrected chi connectivity index (χ4v) is 6.17. The molecule has 0 bridgehead atoms. The van der Waals surface area contributed by atoms with E-state index in [1.165, 1.54) is 6.92 Å². The number of hydrogen-bond acceptors (Lipinski definition) is 8. The zero-order valence-corrected chi connectivity index (χ0v) is 21.7. The van der Waals surface area contributed by atoms with Crippen molar-refractivity contribution in [1.82, 2.24) is 0 Å². The van der Waals surface area contributed by atoms with Crippen LogP contribution in [0.1, 0.15) is 74.6 Å². The molecule has 204 valence electrons. The number of ketones is 2. The molecule has 10 heteroatoms. The highest BCUT2D eigenvalue weighted by Crippen LogP contribution is 2.56. The number of phenolic OH excluding ortho intramolecular Hbond substituents is 1. The summed E-state index contributed by atoms with van der Waals surface area (Å²) >= 11 is 0. The van der Waals surface area contributed by atoms with Crippen LogP contribution in [0, 0.1) is 17.3 Å². The predicted molar refractivity (Wildman–Crippen MR) is 135 cm³/mol. The molecule has 6 N–H and O–H groups in total. The number of carbonyl (C=O) groups excluding carboxylic acids is 3. The molecule has 3 aliphatic rings. The number of primary amides is 1. The molecule has 1 fully saturated rings. The average Bonchev–Trinajstić information content (AvgIpc) is 2.81. The maximum Gasteiger partial charge on any atom is 0.303 e. The second-order valence-electron chi connectivity index (χ2n) is 10.9. The van der Waals surface area contributed by atoms with Crippen LogP contribution in [0.15, 0.2) is 23.0 Å². The number of amides is 1. The number of carboxylic acids is 1. The number of carboxylic acid groups (broad SMARTS) is 1. The monoisotopic (exact) mass is 527 g/mol. The number of Topliss-reactive ketones (excluding diaryl/α,β-unsaturated/α-hetero) is 2. The van der Waals surface area contributed by atoms with Crippen LogP contribution in [-0.4, -0.2) is 50.5 Å². The van der Waals surface area contributed by atoms with Crippen LogP contribution >= 0.6 is 0 Å². The number of phenols is 1. The lowest BCUT2D eigenvalue weighted by Gasteiger charge is -2.47. The molecule has 1 saturated carbocycles. The van der Waals surface area contributed by atoms with E-state index in [2.05, 4.69) is 0 Å². The number of aliphatic hydroxyl groups excluding tert-OH is 2. The summed E-state index contributed by atoms with van der Waals surface area (Å²) in [5.41, 5.74) is 5.27. The lowest BCUT2D eigenvalue weighted by molar-refractivity contribution is -0.138. The normalized spacial score (nSPS) is 24.8. The summed E-state index contributed by atoms with van der Waals surface area (Å²) < 4.78 is 5.58. The highest BCUT2D eigenvalue weighted by atomic mass is 16.5. The first-order valence-electron chi connectivity index (χ1n) is 12.7. The van der Waals surface area contributed by atoms with Crippen molar-refractivity contribution < 1.29 is 44.3 Å². The molecule has 3 atom stereocenters. The quantitative estimate of drug-likeness (QED) is 0.250. The van der Waals surface area contributed by atoms with Gasteiger partial charge in [0.05, 0.1) is 17.6 Å². The summed E-state index contributed by atoms with van der Waals surface area (Å²) in [6.07, 6.45) is 0.789. The smallest absolute Gasteiger partial charge is 0.303 e. The molecule has 0 aromatic heterocycles. The fourth-order valence-electron chi connectivity index (χ4n) is 6.17. The Labute approximate surface area is 219 Å². The largest absolute Gasteiger partial charge is 0.510 e. The number of carbonyl (C=O) groups is 4. The Kier molecular flexibility index (Phi) is 7.13. The van der Waals surface area contributed by atoms with Crippen LogP contribution in [0.25, 0.3) is 5.76 Å². The molecule has 1 aromatic rings. The minimum atomic E-state index is -1.61. The highest BCUT2D eigenvalue weighted by Gasteiger charge is 2.58. The maximum atomic E-state index is 13.9. The number of nitrogens with two attached hydrogens (primary N) is 1. The molecule has 0 aliphatic heterocycles. The van der Waals surface area contributed by atoms with Gasteiger partial charge in [-0.25, -0.2) is 0 Å². The molecule has 38 heavy (non-hydrogen) atoms. The third-order valence-electron chi connectivity index (χ3n) is 8.22. The topological polar surface area (TPSA) is 184 Å². The molecule has 0 radical (unpaired) electrons. The third kappa shape index (κ3) is 4.26. The fraction of sp³-hybridized carbons (Fsp3) is 0.500. The van der Waals surface area contributed by atoms with Crippen LogP contribution in [0.2, 0.25) is 0 Å². The van der Waals surface area contributed by atoms with Gasteiger partial charge in [-0.15, -0.1) is 0 Å². The molecule has 0 spiro atoms. The summed E-state index contributed by atoms with van der Waals surface area (Å²) in [7, 11) is 0. The van der Waals surface area contributed by atoms with E-state index < -0.39 is 57.8 Å². The third-order valence-corrected chi connectivity index (χ3v) is 8.22. The van der Waals surface area contributed by atoms with E-state index in [0.717, 1.165) is 5.56 Å². The van der Waals surface area contributed by atoms with Crippen molar-refractivity contribution in [1.29, 1.82) is 0 Å². The SMILES string of the molecule is CC(C)c1cc(COCCCC(=O)O)c(O)c2c1C[C@H]1C[C@H]3CC(=O)C(C(N)=O)=C(O)[C@@]3(C)C(=O)C1=C2O. The molecule has 4 rings (SSSR count). The van der Waals surface area contributed by atoms with Crippen LogP contribution < -0.4 is 5.73 Å². The van der Waals surface area contributed by atoms with E-state index in [0.29, 0.717) is 30.4 Å². The van der Waals surface area contributed by atoms with Gasteiger partial charge in [-0.1, -0.05) is 13.8 Å². The van der Waals surface area contributed by atoms with E-state index in [1.807, 2.05) is 13.8 Å². The van der Waals surface area contributed by atoms with Crippen molar-refractivity contribution in [3.63, 3.8) is 0 Å². The van der Waals surface area contributed by atoms with Gasteiger partial charge in [-0.05, 0) is 61.1 Å². The first-order chi connectivity index (χ1) is 17.8. The van der Waals surface area contributed by atoms with Crippen LogP contribution in [0.4, 0.5) is 0 Å². The van der Waals surface area contributed by atoms with Gasteiger partial charge in [-0.3, -0.25) is 19.2 Å². The average molecular weight is 528 g/mol. The second kappa shape index (κ2) is 9.90. The van der Waals surface area contributed by atoms with Gasteiger partial charge in [0.2, 0.25) is 0 Å². The standard InChI is InChI=1S/C28H33NO9/c1-12(2)16-9-14(11-38-6-4-5-19(31)32)23(33)21-17(16)8-13-7-15-10-18(30)22(27(29)37)26(36)28(15,3)25(35)20(13)24(21)34/h9,12-13,15,33-34,36H,4-8,10-11H2,1-3H3,(H2,29,37)(H,31,32)/t13-,15+,28-/m1/s1. The minimum absolute atomic E-state index is 0.00961. The van der Waals surface area contributed by atoms with E-state index in [4.69, 9.17) is 15.6 Å². The highest BCUT2D eigenvalue weighted by molar-refractivity contribution is 6.22.